The van der Waals surface area contributed by atoms with Crippen LogP contribution >= 0.6 is 0 Å². The highest BCUT2D eigenvalue weighted by Gasteiger charge is 2.22. The molecule has 1 unspecified atom stereocenters. The van der Waals surface area contributed by atoms with Gasteiger partial charge in [-0.25, -0.2) is 0 Å². The molecule has 0 saturated heterocycles. The van der Waals surface area contributed by atoms with Crippen LogP contribution in [0.2, 0.25) is 0 Å². The molecule has 1 atom stereocenters. The SMILES string of the molecule is CCC(COCC1CC1)C(=O)O. The maximum absolute atomic E-state index is 10.5. The molecule has 1 aliphatic rings. The zero-order valence-corrected chi connectivity index (χ0v) is 7.45. The summed E-state index contributed by atoms with van der Waals surface area (Å²) in [6.07, 6.45) is 3.16. The normalized spacial score (nSPS) is 19.1. The fourth-order valence-corrected chi connectivity index (χ4v) is 1.03. The summed E-state index contributed by atoms with van der Waals surface area (Å²) in [5.74, 6) is -0.339. The molecule has 0 heterocycles. The Morgan fingerprint density at radius 2 is 2.33 bits per heavy atom. The van der Waals surface area contributed by atoms with E-state index in [-0.39, 0.29) is 5.92 Å². The van der Waals surface area contributed by atoms with Crippen LogP contribution in [0.15, 0.2) is 0 Å². The van der Waals surface area contributed by atoms with Gasteiger partial charge in [-0.2, -0.15) is 0 Å². The summed E-state index contributed by atoms with van der Waals surface area (Å²) in [7, 11) is 0. The number of carbonyl (C=O) groups is 1. The van der Waals surface area contributed by atoms with E-state index < -0.39 is 5.97 Å². The Balaban J connectivity index is 2.05. The summed E-state index contributed by atoms with van der Waals surface area (Å²) in [4.78, 5) is 10.5. The van der Waals surface area contributed by atoms with Crippen LogP contribution in [0.5, 0.6) is 0 Å². The second kappa shape index (κ2) is 4.45. The van der Waals surface area contributed by atoms with Crippen LogP contribution in [0.1, 0.15) is 26.2 Å². The molecule has 1 N–H and O–H groups in total. The number of carboxylic acids is 1. The van der Waals surface area contributed by atoms with Gasteiger partial charge in [0.05, 0.1) is 12.5 Å². The fraction of sp³-hybridized carbons (Fsp3) is 0.889. The third-order valence-electron chi connectivity index (χ3n) is 2.21. The molecule has 0 bridgehead atoms. The van der Waals surface area contributed by atoms with Gasteiger partial charge in [-0.1, -0.05) is 6.92 Å². The number of hydrogen-bond donors (Lipinski definition) is 1. The number of ether oxygens (including phenoxy) is 1. The minimum absolute atomic E-state index is 0.316. The molecule has 3 nitrogen and oxygen atoms in total. The Bertz CT molecular complexity index is 152. The molecule has 1 rings (SSSR count). The quantitative estimate of drug-likeness (QED) is 0.660. The minimum Gasteiger partial charge on any atom is -0.481 e. The van der Waals surface area contributed by atoms with Gasteiger partial charge in [0.25, 0.3) is 0 Å². The van der Waals surface area contributed by atoms with Crippen molar-refractivity contribution in [2.75, 3.05) is 13.2 Å². The molecule has 1 saturated carbocycles. The molecule has 0 spiro atoms. The standard InChI is InChI=1S/C9H16O3/c1-2-8(9(10)11)6-12-5-7-3-4-7/h7-8H,2-6H2,1H3,(H,10,11). The summed E-state index contributed by atoms with van der Waals surface area (Å²) >= 11 is 0. The van der Waals surface area contributed by atoms with Gasteiger partial charge in [0, 0.05) is 6.61 Å². The largest absolute Gasteiger partial charge is 0.481 e. The third kappa shape index (κ3) is 3.22. The molecule has 12 heavy (non-hydrogen) atoms. The first-order chi connectivity index (χ1) is 5.74. The van der Waals surface area contributed by atoms with Crippen LogP contribution in [-0.4, -0.2) is 24.3 Å². The summed E-state index contributed by atoms with van der Waals surface area (Å²) in [6.45, 7) is 3.01. The van der Waals surface area contributed by atoms with Gasteiger partial charge in [0.2, 0.25) is 0 Å². The van der Waals surface area contributed by atoms with Gasteiger partial charge in [0.1, 0.15) is 0 Å². The molecule has 1 fully saturated rings. The van der Waals surface area contributed by atoms with Gasteiger partial charge < -0.3 is 9.84 Å². The van der Waals surface area contributed by atoms with Gasteiger partial charge in [-0.05, 0) is 25.2 Å². The fourth-order valence-electron chi connectivity index (χ4n) is 1.03. The summed E-state index contributed by atoms with van der Waals surface area (Å²) in [5.41, 5.74) is 0. The summed E-state index contributed by atoms with van der Waals surface area (Å²) in [6, 6.07) is 0. The minimum atomic E-state index is -0.742. The van der Waals surface area contributed by atoms with E-state index in [1.165, 1.54) is 12.8 Å². The van der Waals surface area contributed by atoms with Crippen molar-refractivity contribution in [3.8, 4) is 0 Å². The van der Waals surface area contributed by atoms with Gasteiger partial charge >= 0.3 is 5.97 Å². The number of rotatable bonds is 6. The topological polar surface area (TPSA) is 46.5 Å². The number of aliphatic carboxylic acids is 1. The molecule has 1 aliphatic carbocycles. The molecule has 0 aromatic heterocycles. The molecule has 0 radical (unpaired) electrons. The summed E-state index contributed by atoms with van der Waals surface area (Å²) in [5, 5.41) is 8.67. The molecular weight excluding hydrogens is 156 g/mol. The van der Waals surface area contributed by atoms with Crippen LogP contribution in [0.4, 0.5) is 0 Å². The van der Waals surface area contributed by atoms with E-state index in [1.54, 1.807) is 0 Å². The Kier molecular flexibility index (Phi) is 3.53. The van der Waals surface area contributed by atoms with E-state index in [2.05, 4.69) is 0 Å². The van der Waals surface area contributed by atoms with Gasteiger partial charge in [-0.3, -0.25) is 4.79 Å². The highest BCUT2D eigenvalue weighted by Crippen LogP contribution is 2.28. The maximum atomic E-state index is 10.5. The third-order valence-corrected chi connectivity index (χ3v) is 2.21. The van der Waals surface area contributed by atoms with Crippen molar-refractivity contribution in [2.24, 2.45) is 11.8 Å². The van der Waals surface area contributed by atoms with E-state index in [4.69, 9.17) is 9.84 Å². The second-order valence-electron chi connectivity index (χ2n) is 3.42. The molecule has 3 heteroatoms. The van der Waals surface area contributed by atoms with Crippen LogP contribution in [0.3, 0.4) is 0 Å². The van der Waals surface area contributed by atoms with E-state index in [1.807, 2.05) is 6.92 Å². The Hall–Kier alpha value is -0.570. The number of hydrogen-bond acceptors (Lipinski definition) is 2. The monoisotopic (exact) mass is 172 g/mol. The van der Waals surface area contributed by atoms with Crippen molar-refractivity contribution in [3.63, 3.8) is 0 Å². The van der Waals surface area contributed by atoms with E-state index in [0.717, 1.165) is 12.5 Å². The van der Waals surface area contributed by atoms with Crippen molar-refractivity contribution in [2.45, 2.75) is 26.2 Å². The molecule has 0 aliphatic heterocycles. The predicted octanol–water partition coefficient (Wildman–Crippen LogP) is 1.52. The van der Waals surface area contributed by atoms with Gasteiger partial charge in [0.15, 0.2) is 0 Å². The molecule has 0 amide bonds. The Morgan fingerprint density at radius 1 is 1.67 bits per heavy atom. The lowest BCUT2D eigenvalue weighted by molar-refractivity contribution is -0.144. The highest BCUT2D eigenvalue weighted by molar-refractivity contribution is 5.69. The first kappa shape index (κ1) is 9.52. The van der Waals surface area contributed by atoms with E-state index >= 15 is 0 Å². The van der Waals surface area contributed by atoms with Crippen molar-refractivity contribution >= 4 is 5.97 Å². The van der Waals surface area contributed by atoms with Crippen LogP contribution in [-0.2, 0) is 9.53 Å². The van der Waals surface area contributed by atoms with Gasteiger partial charge in [-0.15, -0.1) is 0 Å². The zero-order valence-electron chi connectivity index (χ0n) is 7.45. The lowest BCUT2D eigenvalue weighted by Crippen LogP contribution is -2.19. The van der Waals surface area contributed by atoms with Crippen molar-refractivity contribution in [1.29, 1.82) is 0 Å². The zero-order chi connectivity index (χ0) is 8.97. The lowest BCUT2D eigenvalue weighted by Gasteiger charge is -2.09. The number of carboxylic acid groups (broad SMARTS) is 1. The average molecular weight is 172 g/mol. The van der Waals surface area contributed by atoms with Crippen LogP contribution < -0.4 is 0 Å². The van der Waals surface area contributed by atoms with Crippen molar-refractivity contribution in [3.05, 3.63) is 0 Å². The van der Waals surface area contributed by atoms with Crippen molar-refractivity contribution in [1.82, 2.24) is 0 Å². The lowest BCUT2D eigenvalue weighted by atomic mass is 10.1. The summed E-state index contributed by atoms with van der Waals surface area (Å²) < 4.78 is 5.29. The van der Waals surface area contributed by atoms with E-state index in [0.29, 0.717) is 13.0 Å². The molecule has 0 aromatic carbocycles. The molecule has 0 aromatic rings. The Morgan fingerprint density at radius 3 is 2.75 bits per heavy atom. The maximum Gasteiger partial charge on any atom is 0.308 e. The first-order valence-electron chi connectivity index (χ1n) is 4.54. The van der Waals surface area contributed by atoms with Crippen molar-refractivity contribution < 1.29 is 14.6 Å². The molecule has 70 valence electrons. The Labute approximate surface area is 72.7 Å². The predicted molar refractivity (Wildman–Crippen MR) is 45.0 cm³/mol. The average Bonchev–Trinajstić information content (AvgIpc) is 2.80. The second-order valence-corrected chi connectivity index (χ2v) is 3.42. The smallest absolute Gasteiger partial charge is 0.308 e. The molecular formula is C9H16O3. The van der Waals surface area contributed by atoms with Crippen LogP contribution in [0.25, 0.3) is 0 Å². The van der Waals surface area contributed by atoms with E-state index in [9.17, 15) is 4.79 Å². The van der Waals surface area contributed by atoms with Crippen LogP contribution in [0, 0.1) is 11.8 Å². The highest BCUT2D eigenvalue weighted by atomic mass is 16.5. The first-order valence-corrected chi connectivity index (χ1v) is 4.54.